The van der Waals surface area contributed by atoms with Crippen molar-refractivity contribution in [3.05, 3.63) is 78.3 Å². The Hall–Kier alpha value is -3.98. The molecule has 1 saturated carbocycles. The van der Waals surface area contributed by atoms with Gasteiger partial charge in [-0.25, -0.2) is 4.68 Å². The molecule has 2 aliphatic rings. The molecule has 4 aromatic rings. The maximum absolute atomic E-state index is 14.1. The quantitative estimate of drug-likeness (QED) is 0.315. The number of rotatable bonds is 9. The summed E-state index contributed by atoms with van der Waals surface area (Å²) in [5.74, 6) is 0.301. The van der Waals surface area contributed by atoms with Gasteiger partial charge >= 0.3 is 0 Å². The lowest BCUT2D eigenvalue weighted by Crippen LogP contribution is -2.46. The fraction of sp³-hybridized carbons (Fsp3) is 0.419. The maximum atomic E-state index is 14.1. The number of hydrogen-bond acceptors (Lipinski definition) is 6. The number of anilines is 1. The third-order valence-electron chi connectivity index (χ3n) is 8.07. The summed E-state index contributed by atoms with van der Waals surface area (Å²) >= 11 is 0. The Labute approximate surface area is 233 Å². The third-order valence-corrected chi connectivity index (χ3v) is 8.07. The van der Waals surface area contributed by atoms with Crippen LogP contribution in [-0.4, -0.2) is 46.1 Å². The minimum Gasteiger partial charge on any atom is -0.467 e. The summed E-state index contributed by atoms with van der Waals surface area (Å²) in [6, 6.07) is 18.1. The first-order valence-corrected chi connectivity index (χ1v) is 14.3. The second kappa shape index (κ2) is 12.0. The summed E-state index contributed by atoms with van der Waals surface area (Å²) in [5, 5.41) is 11.4. The van der Waals surface area contributed by atoms with Gasteiger partial charge in [-0.1, -0.05) is 48.7 Å². The van der Waals surface area contributed by atoms with E-state index in [1.807, 2.05) is 36.4 Å². The Bertz CT molecular complexity index is 1420. The van der Waals surface area contributed by atoms with E-state index >= 15 is 0 Å². The number of carbonyl (C=O) groups excluding carboxylic acids is 2. The number of hydrogen-bond donors (Lipinski definition) is 1. The number of carbonyl (C=O) groups is 2. The molecule has 0 bridgehead atoms. The highest BCUT2D eigenvalue weighted by atomic mass is 16.5. The summed E-state index contributed by atoms with van der Waals surface area (Å²) in [4.78, 5) is 29.5. The number of amides is 2. The fourth-order valence-corrected chi connectivity index (χ4v) is 5.96. The molecule has 2 aromatic carbocycles. The van der Waals surface area contributed by atoms with Gasteiger partial charge in [-0.05, 0) is 73.6 Å². The highest BCUT2D eigenvalue weighted by Gasteiger charge is 2.36. The minimum atomic E-state index is -1.00. The fourth-order valence-electron chi connectivity index (χ4n) is 5.96. The molecule has 6 rings (SSSR count). The van der Waals surface area contributed by atoms with Crippen molar-refractivity contribution in [1.82, 2.24) is 20.3 Å². The number of ether oxygens (including phenoxy) is 1. The van der Waals surface area contributed by atoms with Crippen LogP contribution in [0.3, 0.4) is 0 Å². The SMILES string of the molecule is O=C(NCC1CCCO1)C(c1ccco1)N(C(=O)Cn1nnc2ccccc21)c1ccc(C2CCCCC2)cc1. The molecular formula is C31H35N5O4. The summed E-state index contributed by atoms with van der Waals surface area (Å²) in [6.07, 6.45) is 9.52. The number of furan rings is 1. The van der Waals surface area contributed by atoms with Crippen molar-refractivity contribution < 1.29 is 18.7 Å². The molecule has 1 aliphatic heterocycles. The first kappa shape index (κ1) is 26.3. The third kappa shape index (κ3) is 5.65. The number of nitrogens with one attached hydrogen (secondary N) is 1. The van der Waals surface area contributed by atoms with E-state index in [0.29, 0.717) is 36.0 Å². The monoisotopic (exact) mass is 541 g/mol. The normalized spacial score (nSPS) is 18.6. The van der Waals surface area contributed by atoms with Gasteiger partial charge in [-0.3, -0.25) is 14.5 Å². The molecule has 1 saturated heterocycles. The van der Waals surface area contributed by atoms with Crippen LogP contribution in [0.5, 0.6) is 0 Å². The highest BCUT2D eigenvalue weighted by molar-refractivity contribution is 6.01. The Morgan fingerprint density at radius 1 is 0.975 bits per heavy atom. The zero-order valence-electron chi connectivity index (χ0n) is 22.6. The van der Waals surface area contributed by atoms with Crippen LogP contribution in [0.15, 0.2) is 71.3 Å². The number of para-hydroxylation sites is 1. The van der Waals surface area contributed by atoms with Gasteiger partial charge in [0.25, 0.3) is 5.91 Å². The Morgan fingerprint density at radius 2 is 1.80 bits per heavy atom. The smallest absolute Gasteiger partial charge is 0.251 e. The van der Waals surface area contributed by atoms with Crippen molar-refractivity contribution >= 4 is 28.5 Å². The summed E-state index contributed by atoms with van der Waals surface area (Å²) in [5.41, 5.74) is 3.36. The van der Waals surface area contributed by atoms with E-state index in [1.54, 1.807) is 16.8 Å². The molecule has 2 fully saturated rings. The van der Waals surface area contributed by atoms with Crippen LogP contribution in [0, 0.1) is 0 Å². The van der Waals surface area contributed by atoms with Crippen molar-refractivity contribution in [1.29, 1.82) is 0 Å². The van der Waals surface area contributed by atoms with Gasteiger partial charge in [0.2, 0.25) is 5.91 Å². The summed E-state index contributed by atoms with van der Waals surface area (Å²) in [7, 11) is 0. The van der Waals surface area contributed by atoms with Crippen LogP contribution in [0.4, 0.5) is 5.69 Å². The number of nitrogens with zero attached hydrogens (tertiary/aromatic N) is 4. The topological polar surface area (TPSA) is 102 Å². The summed E-state index contributed by atoms with van der Waals surface area (Å²) < 4.78 is 13.0. The second-order valence-corrected chi connectivity index (χ2v) is 10.7. The Balaban J connectivity index is 1.33. The zero-order valence-corrected chi connectivity index (χ0v) is 22.6. The average Bonchev–Trinajstić information content (AvgIpc) is 3.79. The first-order chi connectivity index (χ1) is 19.7. The number of benzene rings is 2. The molecule has 2 unspecified atom stereocenters. The molecule has 0 spiro atoms. The van der Waals surface area contributed by atoms with E-state index in [1.165, 1.54) is 48.8 Å². The van der Waals surface area contributed by atoms with Crippen molar-refractivity contribution in [2.45, 2.75) is 69.6 Å². The number of aromatic nitrogens is 3. The van der Waals surface area contributed by atoms with E-state index < -0.39 is 6.04 Å². The van der Waals surface area contributed by atoms with E-state index in [0.717, 1.165) is 18.4 Å². The van der Waals surface area contributed by atoms with Gasteiger partial charge in [-0.2, -0.15) is 0 Å². The van der Waals surface area contributed by atoms with Crippen molar-refractivity contribution in [2.24, 2.45) is 0 Å². The number of fused-ring (bicyclic) bond motifs is 1. The molecule has 9 nitrogen and oxygen atoms in total. The van der Waals surface area contributed by atoms with Gasteiger partial charge in [0.15, 0.2) is 6.04 Å². The van der Waals surface area contributed by atoms with Gasteiger partial charge in [-0.15, -0.1) is 5.10 Å². The van der Waals surface area contributed by atoms with Gasteiger partial charge in [0.05, 0.1) is 17.9 Å². The maximum Gasteiger partial charge on any atom is 0.251 e. The largest absolute Gasteiger partial charge is 0.467 e. The van der Waals surface area contributed by atoms with Crippen molar-refractivity contribution in [3.63, 3.8) is 0 Å². The van der Waals surface area contributed by atoms with Gasteiger partial charge in [0.1, 0.15) is 17.8 Å². The molecule has 2 atom stereocenters. The first-order valence-electron chi connectivity index (χ1n) is 14.3. The Morgan fingerprint density at radius 3 is 2.55 bits per heavy atom. The predicted molar refractivity (Wildman–Crippen MR) is 151 cm³/mol. The molecule has 3 heterocycles. The van der Waals surface area contributed by atoms with Gasteiger partial charge < -0.3 is 14.5 Å². The van der Waals surface area contributed by atoms with E-state index in [2.05, 4.69) is 27.8 Å². The molecule has 2 aromatic heterocycles. The van der Waals surface area contributed by atoms with Crippen LogP contribution in [0.25, 0.3) is 11.0 Å². The molecule has 2 amide bonds. The standard InChI is InChI=1S/C31H35N5O4/c37-29(21-35-27-12-5-4-11-26(27)33-34-35)36(24-16-14-23(15-17-24)22-8-2-1-3-9-22)30(28-13-7-19-40-28)31(38)32-20-25-10-6-18-39-25/h4-5,7,11-17,19,22,25,30H,1-3,6,8-10,18,20-21H2,(H,32,38). The molecule has 9 heteroatoms. The molecule has 1 N–H and O–H groups in total. The lowest BCUT2D eigenvalue weighted by atomic mass is 9.84. The van der Waals surface area contributed by atoms with E-state index in [-0.39, 0.29) is 24.5 Å². The molecule has 40 heavy (non-hydrogen) atoms. The predicted octanol–water partition coefficient (Wildman–Crippen LogP) is 5.14. The lowest BCUT2D eigenvalue weighted by Gasteiger charge is -2.31. The van der Waals surface area contributed by atoms with Crippen molar-refractivity contribution in [3.8, 4) is 0 Å². The molecule has 208 valence electrons. The zero-order chi connectivity index (χ0) is 27.3. The van der Waals surface area contributed by atoms with Crippen LogP contribution in [-0.2, 0) is 20.9 Å². The van der Waals surface area contributed by atoms with Crippen molar-refractivity contribution in [2.75, 3.05) is 18.1 Å². The average molecular weight is 542 g/mol. The highest BCUT2D eigenvalue weighted by Crippen LogP contribution is 2.35. The molecule has 0 radical (unpaired) electrons. The molecule has 1 aliphatic carbocycles. The van der Waals surface area contributed by atoms with Crippen LogP contribution < -0.4 is 10.2 Å². The summed E-state index contributed by atoms with van der Waals surface area (Å²) in [6.45, 7) is 0.999. The van der Waals surface area contributed by atoms with Gasteiger partial charge in [0, 0.05) is 18.8 Å². The van der Waals surface area contributed by atoms with Crippen LogP contribution >= 0.6 is 0 Å². The van der Waals surface area contributed by atoms with Crippen LogP contribution in [0.2, 0.25) is 0 Å². The lowest BCUT2D eigenvalue weighted by molar-refractivity contribution is -0.127. The van der Waals surface area contributed by atoms with E-state index in [4.69, 9.17) is 9.15 Å². The Kier molecular flexibility index (Phi) is 7.90. The molecular weight excluding hydrogens is 506 g/mol. The minimum absolute atomic E-state index is 0.0263. The van der Waals surface area contributed by atoms with Crippen LogP contribution in [0.1, 0.15) is 68.2 Å². The second-order valence-electron chi connectivity index (χ2n) is 10.7. The van der Waals surface area contributed by atoms with E-state index in [9.17, 15) is 9.59 Å².